The van der Waals surface area contributed by atoms with E-state index >= 15 is 0 Å². The predicted octanol–water partition coefficient (Wildman–Crippen LogP) is 6.89. The van der Waals surface area contributed by atoms with Crippen molar-refractivity contribution in [2.45, 2.75) is 97.1 Å². The summed E-state index contributed by atoms with van der Waals surface area (Å²) < 4.78 is 0. The summed E-state index contributed by atoms with van der Waals surface area (Å²) in [5, 5.41) is 6.41. The maximum Gasteiger partial charge on any atom is 0.251 e. The van der Waals surface area contributed by atoms with E-state index in [0.29, 0.717) is 17.6 Å². The Labute approximate surface area is 210 Å². The van der Waals surface area contributed by atoms with Gasteiger partial charge in [-0.3, -0.25) is 9.59 Å². The monoisotopic (exact) mass is 472 g/mol. The molecule has 0 heterocycles. The number of hydrogen-bond acceptors (Lipinski definition) is 2. The van der Waals surface area contributed by atoms with Crippen LogP contribution in [0.3, 0.4) is 0 Å². The van der Waals surface area contributed by atoms with Crippen LogP contribution in [0.5, 0.6) is 0 Å². The normalized spacial score (nSPS) is 17.7. The molecule has 0 spiro atoms. The largest absolute Gasteiger partial charge is 0.350 e. The summed E-state index contributed by atoms with van der Waals surface area (Å²) in [6, 6.07) is 12.9. The number of hydrogen-bond donors (Lipinski definition) is 2. The molecule has 2 aromatic carbocycles. The van der Waals surface area contributed by atoms with Crippen molar-refractivity contribution in [1.82, 2.24) is 10.6 Å². The minimum Gasteiger partial charge on any atom is -0.350 e. The molecule has 186 valence electrons. The smallest absolute Gasteiger partial charge is 0.251 e. The van der Waals surface area contributed by atoms with Crippen LogP contribution in [-0.2, 0) is 4.79 Å². The lowest BCUT2D eigenvalue weighted by atomic mass is 9.93. The Morgan fingerprint density at radius 1 is 0.771 bits per heavy atom. The number of carbonyl (C=O) groups excluding carboxylic acids is 2. The molecule has 0 aliphatic heterocycles. The first-order valence-electron chi connectivity index (χ1n) is 13.4. The van der Waals surface area contributed by atoms with Crippen LogP contribution in [0.15, 0.2) is 42.0 Å². The van der Waals surface area contributed by atoms with Gasteiger partial charge in [0.05, 0.1) is 0 Å². The zero-order valence-corrected chi connectivity index (χ0v) is 21.6. The van der Waals surface area contributed by atoms with Gasteiger partial charge in [0.25, 0.3) is 5.91 Å². The van der Waals surface area contributed by atoms with E-state index in [0.717, 1.165) is 59.1 Å². The van der Waals surface area contributed by atoms with Gasteiger partial charge in [-0.05, 0) is 92.5 Å². The topological polar surface area (TPSA) is 58.2 Å². The Hall–Kier alpha value is -2.88. The van der Waals surface area contributed by atoms with E-state index in [1.165, 1.54) is 38.5 Å². The van der Waals surface area contributed by atoms with Crippen LogP contribution in [0.25, 0.3) is 17.2 Å². The van der Waals surface area contributed by atoms with Crippen LogP contribution < -0.4 is 10.6 Å². The lowest BCUT2D eigenvalue weighted by molar-refractivity contribution is -0.118. The fourth-order valence-electron chi connectivity index (χ4n) is 5.47. The van der Waals surface area contributed by atoms with E-state index in [-0.39, 0.29) is 11.8 Å². The van der Waals surface area contributed by atoms with Crippen LogP contribution in [0.4, 0.5) is 0 Å². The van der Waals surface area contributed by atoms with Crippen molar-refractivity contribution in [2.24, 2.45) is 0 Å². The van der Waals surface area contributed by atoms with Gasteiger partial charge in [-0.2, -0.15) is 0 Å². The first-order chi connectivity index (χ1) is 16.9. The van der Waals surface area contributed by atoms with Crippen LogP contribution in [-0.4, -0.2) is 23.9 Å². The van der Waals surface area contributed by atoms with Gasteiger partial charge in [-0.15, -0.1) is 0 Å². The Morgan fingerprint density at radius 2 is 1.34 bits per heavy atom. The van der Waals surface area contributed by atoms with Gasteiger partial charge < -0.3 is 10.6 Å². The van der Waals surface area contributed by atoms with Crippen molar-refractivity contribution in [3.05, 3.63) is 64.2 Å². The van der Waals surface area contributed by atoms with Crippen LogP contribution in [0, 0.1) is 13.8 Å². The minimum atomic E-state index is 0.0267. The zero-order valence-electron chi connectivity index (χ0n) is 21.6. The van der Waals surface area contributed by atoms with Crippen LogP contribution >= 0.6 is 0 Å². The summed E-state index contributed by atoms with van der Waals surface area (Å²) in [6.07, 6.45) is 13.7. The molecule has 2 amide bonds. The van der Waals surface area contributed by atoms with Crippen LogP contribution in [0.1, 0.15) is 98.2 Å². The number of amides is 2. The number of benzene rings is 2. The van der Waals surface area contributed by atoms with Crippen molar-refractivity contribution in [1.29, 1.82) is 0 Å². The third-order valence-electron chi connectivity index (χ3n) is 7.68. The highest BCUT2D eigenvalue weighted by Crippen LogP contribution is 2.28. The summed E-state index contributed by atoms with van der Waals surface area (Å²) in [5.41, 5.74) is 7.08. The highest BCUT2D eigenvalue weighted by Gasteiger charge is 2.18. The van der Waals surface area contributed by atoms with Crippen molar-refractivity contribution in [2.75, 3.05) is 0 Å². The molecule has 2 saturated carbocycles. The second-order valence-corrected chi connectivity index (χ2v) is 10.5. The molecule has 4 rings (SSSR count). The molecule has 0 bridgehead atoms. The summed E-state index contributed by atoms with van der Waals surface area (Å²) >= 11 is 0. The lowest BCUT2D eigenvalue weighted by Gasteiger charge is -2.23. The molecular weight excluding hydrogens is 432 g/mol. The average molecular weight is 473 g/mol. The molecule has 2 aliphatic carbocycles. The summed E-state index contributed by atoms with van der Waals surface area (Å²) in [6.45, 7) is 6.10. The minimum absolute atomic E-state index is 0.0267. The van der Waals surface area contributed by atoms with E-state index < -0.39 is 0 Å². The number of carbonyl (C=O) groups is 2. The first-order valence-corrected chi connectivity index (χ1v) is 13.4. The third-order valence-corrected chi connectivity index (χ3v) is 7.68. The highest BCUT2D eigenvalue weighted by molar-refractivity contribution is 5.98. The number of nitrogens with one attached hydrogen (secondary N) is 2. The first kappa shape index (κ1) is 25.2. The molecule has 2 fully saturated rings. The molecule has 35 heavy (non-hydrogen) atoms. The molecule has 4 heteroatoms. The SMILES string of the molecule is C/C(=C\c1cc(C)c(-c2ccc(C(=O)NC3CCCCC3)cc2)cc1C)C(=O)NC1CCCCC1. The predicted molar refractivity (Wildman–Crippen MR) is 144 cm³/mol. The van der Waals surface area contributed by atoms with E-state index in [2.05, 4.69) is 36.6 Å². The summed E-state index contributed by atoms with van der Waals surface area (Å²) in [7, 11) is 0. The molecule has 2 aromatic rings. The van der Waals surface area contributed by atoms with E-state index in [9.17, 15) is 9.59 Å². The van der Waals surface area contributed by atoms with Gasteiger partial charge in [-0.1, -0.05) is 62.8 Å². The summed E-state index contributed by atoms with van der Waals surface area (Å²) in [5.74, 6) is 0.0685. The van der Waals surface area contributed by atoms with E-state index in [4.69, 9.17) is 0 Å². The van der Waals surface area contributed by atoms with E-state index in [1.807, 2.05) is 37.3 Å². The fourth-order valence-corrected chi connectivity index (χ4v) is 5.47. The van der Waals surface area contributed by atoms with Crippen molar-refractivity contribution >= 4 is 17.9 Å². The van der Waals surface area contributed by atoms with Gasteiger partial charge in [0.15, 0.2) is 0 Å². The Balaban J connectivity index is 1.44. The van der Waals surface area contributed by atoms with Crippen molar-refractivity contribution in [3.8, 4) is 11.1 Å². The van der Waals surface area contributed by atoms with E-state index in [1.54, 1.807) is 0 Å². The standard InChI is InChI=1S/C31H40N2O2/c1-21-20-29(24-14-16-25(17-15-24)31(35)33-28-12-8-5-9-13-28)22(2)18-26(21)19-23(3)30(34)32-27-10-6-4-7-11-27/h14-20,27-28H,4-13H2,1-3H3,(H,32,34)(H,33,35)/b23-19+. The van der Waals surface area contributed by atoms with Crippen LogP contribution in [0.2, 0.25) is 0 Å². The second kappa shape index (κ2) is 11.7. The Bertz CT molecular complexity index is 1070. The molecule has 2 aliphatic rings. The third kappa shape index (κ3) is 6.62. The van der Waals surface area contributed by atoms with Gasteiger partial charge in [0, 0.05) is 23.2 Å². The molecular formula is C31H40N2O2. The maximum absolute atomic E-state index is 12.7. The zero-order chi connectivity index (χ0) is 24.8. The molecule has 4 nitrogen and oxygen atoms in total. The van der Waals surface area contributed by atoms with Gasteiger partial charge in [0.1, 0.15) is 0 Å². The van der Waals surface area contributed by atoms with Gasteiger partial charge in [-0.25, -0.2) is 0 Å². The number of aryl methyl sites for hydroxylation is 2. The number of rotatable bonds is 6. The van der Waals surface area contributed by atoms with Gasteiger partial charge >= 0.3 is 0 Å². The molecule has 0 radical (unpaired) electrons. The maximum atomic E-state index is 12.7. The lowest BCUT2D eigenvalue weighted by Crippen LogP contribution is -2.36. The second-order valence-electron chi connectivity index (χ2n) is 10.5. The molecule has 0 unspecified atom stereocenters. The quantitative estimate of drug-likeness (QED) is 0.450. The fraction of sp³-hybridized carbons (Fsp3) is 0.484. The molecule has 0 atom stereocenters. The van der Waals surface area contributed by atoms with Crippen molar-refractivity contribution < 1.29 is 9.59 Å². The average Bonchev–Trinajstić information content (AvgIpc) is 2.87. The molecule has 0 saturated heterocycles. The van der Waals surface area contributed by atoms with Crippen molar-refractivity contribution in [3.63, 3.8) is 0 Å². The highest BCUT2D eigenvalue weighted by atomic mass is 16.2. The molecule has 0 aromatic heterocycles. The summed E-state index contributed by atoms with van der Waals surface area (Å²) in [4.78, 5) is 25.4. The Kier molecular flexibility index (Phi) is 8.43. The van der Waals surface area contributed by atoms with Gasteiger partial charge in [0.2, 0.25) is 5.91 Å². The Morgan fingerprint density at radius 3 is 1.94 bits per heavy atom. The molecule has 2 N–H and O–H groups in total.